The van der Waals surface area contributed by atoms with E-state index in [-0.39, 0.29) is 5.78 Å². The average molecular weight is 160 g/mol. The number of Topliss-reactive ketones (excluding diaryl/α,β-unsaturated/α-hetero) is 1. The van der Waals surface area contributed by atoms with Gasteiger partial charge < -0.3 is 5.73 Å². The van der Waals surface area contributed by atoms with Gasteiger partial charge in [-0.1, -0.05) is 0 Å². The number of nitrogen functional groups attached to an aromatic ring is 1. The highest BCUT2D eigenvalue weighted by Crippen LogP contribution is 2.11. The predicted octanol–water partition coefficient (Wildman–Crippen LogP) is 1.34. The minimum atomic E-state index is -0.0844. The van der Waals surface area contributed by atoms with Crippen LogP contribution in [0.3, 0.4) is 0 Å². The van der Waals surface area contributed by atoms with Gasteiger partial charge in [0.2, 0.25) is 0 Å². The minimum absolute atomic E-state index is 0.0844. The van der Waals surface area contributed by atoms with Crippen LogP contribution in [0.1, 0.15) is 22.8 Å². The smallest absolute Gasteiger partial charge is 0.159 e. The molecule has 1 aromatic rings. The van der Waals surface area contributed by atoms with Crippen LogP contribution in [0.5, 0.6) is 0 Å². The summed E-state index contributed by atoms with van der Waals surface area (Å²) < 4.78 is 0. The quantitative estimate of drug-likeness (QED) is 0.498. The van der Waals surface area contributed by atoms with Crippen molar-refractivity contribution >= 4 is 11.5 Å². The lowest BCUT2D eigenvalue weighted by Gasteiger charge is -1.98. The molecule has 0 amide bonds. The highest BCUT2D eigenvalue weighted by Gasteiger charge is 2.01. The van der Waals surface area contributed by atoms with Crippen molar-refractivity contribution in [3.05, 3.63) is 29.3 Å². The van der Waals surface area contributed by atoms with Crippen LogP contribution >= 0.6 is 0 Å². The molecule has 0 radical (unpaired) electrons. The molecular weight excluding hydrogens is 152 g/mol. The highest BCUT2D eigenvalue weighted by molar-refractivity contribution is 5.95. The van der Waals surface area contributed by atoms with Crippen LogP contribution in [-0.2, 0) is 0 Å². The van der Waals surface area contributed by atoms with Crippen LogP contribution in [0.2, 0.25) is 0 Å². The van der Waals surface area contributed by atoms with E-state index < -0.39 is 0 Å². The van der Waals surface area contributed by atoms with E-state index in [4.69, 9.17) is 11.0 Å². The fourth-order valence-corrected chi connectivity index (χ4v) is 0.919. The van der Waals surface area contributed by atoms with Crippen molar-refractivity contribution in [2.24, 2.45) is 0 Å². The molecule has 0 aliphatic carbocycles. The topological polar surface area (TPSA) is 66.9 Å². The molecule has 0 aliphatic rings. The molecule has 0 atom stereocenters. The van der Waals surface area contributed by atoms with Crippen LogP contribution < -0.4 is 5.73 Å². The van der Waals surface area contributed by atoms with Gasteiger partial charge in [-0.25, -0.2) is 0 Å². The van der Waals surface area contributed by atoms with Crippen molar-refractivity contribution < 1.29 is 4.79 Å². The molecule has 0 saturated carbocycles. The Morgan fingerprint density at radius 2 is 2.17 bits per heavy atom. The van der Waals surface area contributed by atoms with Gasteiger partial charge in [0.25, 0.3) is 0 Å². The highest BCUT2D eigenvalue weighted by atomic mass is 16.1. The number of carbonyl (C=O) groups excluding carboxylic acids is 1. The summed E-state index contributed by atoms with van der Waals surface area (Å²) in [5.41, 5.74) is 6.81. The third-order valence-corrected chi connectivity index (χ3v) is 1.49. The second-order valence-corrected chi connectivity index (χ2v) is 2.51. The fraction of sp³-hybridized carbons (Fsp3) is 0.111. The predicted molar refractivity (Wildman–Crippen MR) is 45.6 cm³/mol. The first-order valence-electron chi connectivity index (χ1n) is 3.45. The van der Waals surface area contributed by atoms with E-state index in [9.17, 15) is 4.79 Å². The van der Waals surface area contributed by atoms with E-state index in [0.29, 0.717) is 16.8 Å². The van der Waals surface area contributed by atoms with Crippen LogP contribution in [0, 0.1) is 11.3 Å². The summed E-state index contributed by atoms with van der Waals surface area (Å²) in [7, 11) is 0. The Morgan fingerprint density at radius 1 is 1.50 bits per heavy atom. The van der Waals surface area contributed by atoms with Gasteiger partial charge in [0, 0.05) is 11.3 Å². The van der Waals surface area contributed by atoms with Gasteiger partial charge in [-0.2, -0.15) is 5.26 Å². The maximum absolute atomic E-state index is 10.9. The first-order valence-corrected chi connectivity index (χ1v) is 3.45. The van der Waals surface area contributed by atoms with Gasteiger partial charge in [0.1, 0.15) is 0 Å². The maximum atomic E-state index is 10.9. The van der Waals surface area contributed by atoms with Crippen LogP contribution in [0.25, 0.3) is 0 Å². The molecule has 60 valence electrons. The van der Waals surface area contributed by atoms with Crippen molar-refractivity contribution in [3.8, 4) is 6.07 Å². The molecule has 1 rings (SSSR count). The molecule has 0 spiro atoms. The average Bonchev–Trinajstić information content (AvgIpc) is 2.03. The Kier molecular flexibility index (Phi) is 2.11. The molecule has 0 unspecified atom stereocenters. The molecule has 0 heterocycles. The standard InChI is InChI=1S/C9H8N2O/c1-6(12)8-2-7(5-10)3-9(11)4-8/h2-4H,11H2,1H3. The Hall–Kier alpha value is -1.82. The fourth-order valence-electron chi connectivity index (χ4n) is 0.919. The number of ketones is 1. The molecule has 3 nitrogen and oxygen atoms in total. The van der Waals surface area contributed by atoms with Gasteiger partial charge in [-0.15, -0.1) is 0 Å². The van der Waals surface area contributed by atoms with Crippen molar-refractivity contribution in [3.63, 3.8) is 0 Å². The maximum Gasteiger partial charge on any atom is 0.159 e. The number of anilines is 1. The monoisotopic (exact) mass is 160 g/mol. The first kappa shape index (κ1) is 8.28. The minimum Gasteiger partial charge on any atom is -0.399 e. The van der Waals surface area contributed by atoms with Gasteiger partial charge in [-0.05, 0) is 25.1 Å². The third-order valence-electron chi connectivity index (χ3n) is 1.49. The zero-order valence-electron chi connectivity index (χ0n) is 6.66. The zero-order valence-corrected chi connectivity index (χ0v) is 6.66. The third kappa shape index (κ3) is 1.61. The normalized spacial score (nSPS) is 9.00. The Balaban J connectivity index is 3.26. The van der Waals surface area contributed by atoms with Crippen LogP contribution in [0.4, 0.5) is 5.69 Å². The van der Waals surface area contributed by atoms with Gasteiger partial charge in [0.05, 0.1) is 11.6 Å². The lowest BCUT2D eigenvalue weighted by molar-refractivity contribution is 0.101. The summed E-state index contributed by atoms with van der Waals surface area (Å²) in [6.07, 6.45) is 0. The second-order valence-electron chi connectivity index (χ2n) is 2.51. The zero-order chi connectivity index (χ0) is 9.14. The number of hydrogen-bond acceptors (Lipinski definition) is 3. The van der Waals surface area contributed by atoms with E-state index in [1.165, 1.54) is 19.1 Å². The largest absolute Gasteiger partial charge is 0.399 e. The van der Waals surface area contributed by atoms with E-state index in [0.717, 1.165) is 0 Å². The second kappa shape index (κ2) is 3.05. The summed E-state index contributed by atoms with van der Waals surface area (Å²) in [6.45, 7) is 1.44. The summed E-state index contributed by atoms with van der Waals surface area (Å²) in [4.78, 5) is 10.9. The SMILES string of the molecule is CC(=O)c1cc(N)cc(C#N)c1. The molecule has 0 bridgehead atoms. The van der Waals surface area contributed by atoms with E-state index in [1.54, 1.807) is 6.07 Å². The number of nitrogens with two attached hydrogens (primary N) is 1. The van der Waals surface area contributed by atoms with E-state index in [1.807, 2.05) is 6.07 Å². The number of rotatable bonds is 1. The van der Waals surface area contributed by atoms with E-state index in [2.05, 4.69) is 0 Å². The number of nitrogens with zero attached hydrogens (tertiary/aromatic N) is 1. The van der Waals surface area contributed by atoms with E-state index >= 15 is 0 Å². The molecule has 1 aromatic carbocycles. The molecule has 0 saturated heterocycles. The Labute approximate surface area is 70.4 Å². The van der Waals surface area contributed by atoms with Crippen molar-refractivity contribution in [1.82, 2.24) is 0 Å². The number of carbonyl (C=O) groups is 1. The van der Waals surface area contributed by atoms with Gasteiger partial charge in [0.15, 0.2) is 5.78 Å². The van der Waals surface area contributed by atoms with Gasteiger partial charge >= 0.3 is 0 Å². The lowest BCUT2D eigenvalue weighted by Crippen LogP contribution is -1.95. The summed E-state index contributed by atoms with van der Waals surface area (Å²) in [5, 5.41) is 8.55. The number of benzene rings is 1. The molecule has 12 heavy (non-hydrogen) atoms. The Morgan fingerprint density at radius 3 is 2.67 bits per heavy atom. The molecule has 3 heteroatoms. The van der Waals surface area contributed by atoms with Crippen molar-refractivity contribution in [2.75, 3.05) is 5.73 Å². The number of nitriles is 1. The summed E-state index contributed by atoms with van der Waals surface area (Å²) >= 11 is 0. The van der Waals surface area contributed by atoms with Crippen LogP contribution in [0.15, 0.2) is 18.2 Å². The molecule has 2 N–H and O–H groups in total. The molecular formula is C9H8N2O. The summed E-state index contributed by atoms with van der Waals surface area (Å²) in [6, 6.07) is 6.55. The molecule has 0 fully saturated rings. The van der Waals surface area contributed by atoms with Crippen molar-refractivity contribution in [1.29, 1.82) is 5.26 Å². The van der Waals surface area contributed by atoms with Crippen LogP contribution in [-0.4, -0.2) is 5.78 Å². The lowest BCUT2D eigenvalue weighted by atomic mass is 10.1. The van der Waals surface area contributed by atoms with Gasteiger partial charge in [-0.3, -0.25) is 4.79 Å². The summed E-state index contributed by atoms with van der Waals surface area (Å²) in [5.74, 6) is -0.0844. The molecule has 0 aliphatic heterocycles. The van der Waals surface area contributed by atoms with Crippen molar-refractivity contribution in [2.45, 2.75) is 6.92 Å². The number of hydrogen-bond donors (Lipinski definition) is 1. The first-order chi connectivity index (χ1) is 5.63. The molecule has 0 aromatic heterocycles. The Bertz CT molecular complexity index is 363.